The van der Waals surface area contributed by atoms with Crippen molar-refractivity contribution in [3.8, 4) is 17.6 Å². The lowest BCUT2D eigenvalue weighted by Crippen LogP contribution is -2.32. The number of methoxy groups -OCH3 is 1. The standard InChI is InChI=1S/C14H16N2O5/c1-16(7-3-6-15)13(17)9-21-12-8-10(20-2)4-5-11(12)14(18)19/h4-5,8H,3,7,9H2,1-2H3,(H,18,19). The second kappa shape index (κ2) is 7.75. The highest BCUT2D eigenvalue weighted by molar-refractivity contribution is 5.91. The number of carbonyl (C=O) groups excluding carboxylic acids is 1. The minimum absolute atomic E-state index is 0.0525. The summed E-state index contributed by atoms with van der Waals surface area (Å²) in [5.41, 5.74) is -0.0525. The molecule has 0 unspecified atom stereocenters. The summed E-state index contributed by atoms with van der Waals surface area (Å²) < 4.78 is 10.3. The SMILES string of the molecule is COc1ccc(C(=O)O)c(OCC(=O)N(C)CCC#N)c1. The molecule has 0 heterocycles. The molecule has 21 heavy (non-hydrogen) atoms. The van der Waals surface area contributed by atoms with Gasteiger partial charge in [0.05, 0.1) is 19.6 Å². The molecule has 0 bridgehead atoms. The van der Waals surface area contributed by atoms with E-state index in [0.717, 1.165) is 0 Å². The third-order valence-electron chi connectivity index (χ3n) is 2.76. The van der Waals surface area contributed by atoms with Gasteiger partial charge in [-0.3, -0.25) is 4.79 Å². The van der Waals surface area contributed by atoms with Gasteiger partial charge in [0.2, 0.25) is 0 Å². The van der Waals surface area contributed by atoms with Crippen molar-refractivity contribution in [2.45, 2.75) is 6.42 Å². The molecule has 1 N–H and O–H groups in total. The van der Waals surface area contributed by atoms with Crippen LogP contribution in [0.5, 0.6) is 11.5 Å². The van der Waals surface area contributed by atoms with E-state index in [9.17, 15) is 9.59 Å². The molecule has 0 saturated carbocycles. The van der Waals surface area contributed by atoms with E-state index >= 15 is 0 Å². The fourth-order valence-electron chi connectivity index (χ4n) is 1.52. The molecular weight excluding hydrogens is 276 g/mol. The number of nitriles is 1. The number of carbonyl (C=O) groups is 2. The number of aromatic carboxylic acids is 1. The van der Waals surface area contributed by atoms with Gasteiger partial charge in [0.25, 0.3) is 5.91 Å². The van der Waals surface area contributed by atoms with Gasteiger partial charge >= 0.3 is 5.97 Å². The summed E-state index contributed by atoms with van der Waals surface area (Å²) in [5, 5.41) is 17.5. The van der Waals surface area contributed by atoms with Crippen LogP contribution in [0.25, 0.3) is 0 Å². The summed E-state index contributed by atoms with van der Waals surface area (Å²) in [4.78, 5) is 24.2. The Labute approximate surface area is 122 Å². The zero-order valence-electron chi connectivity index (χ0n) is 11.8. The maximum absolute atomic E-state index is 11.8. The second-order valence-electron chi connectivity index (χ2n) is 4.18. The number of hydrogen-bond donors (Lipinski definition) is 1. The number of benzene rings is 1. The molecule has 0 aliphatic rings. The molecule has 0 aliphatic heterocycles. The first-order valence-corrected chi connectivity index (χ1v) is 6.14. The van der Waals surface area contributed by atoms with E-state index in [2.05, 4.69) is 0 Å². The minimum Gasteiger partial charge on any atom is -0.497 e. The molecule has 1 rings (SSSR count). The van der Waals surface area contributed by atoms with Crippen molar-refractivity contribution in [2.24, 2.45) is 0 Å². The van der Waals surface area contributed by atoms with E-state index in [4.69, 9.17) is 19.8 Å². The van der Waals surface area contributed by atoms with Gasteiger partial charge in [-0.05, 0) is 12.1 Å². The van der Waals surface area contributed by atoms with Crippen molar-refractivity contribution >= 4 is 11.9 Å². The van der Waals surface area contributed by atoms with Crippen LogP contribution < -0.4 is 9.47 Å². The quantitative estimate of drug-likeness (QED) is 0.809. The van der Waals surface area contributed by atoms with Crippen molar-refractivity contribution in [3.63, 3.8) is 0 Å². The van der Waals surface area contributed by atoms with E-state index in [1.807, 2.05) is 6.07 Å². The predicted octanol–water partition coefficient (Wildman–Crippen LogP) is 1.14. The number of carboxylic acid groups (broad SMARTS) is 1. The summed E-state index contributed by atoms with van der Waals surface area (Å²) >= 11 is 0. The van der Waals surface area contributed by atoms with Crippen molar-refractivity contribution in [1.29, 1.82) is 5.26 Å². The third kappa shape index (κ3) is 4.69. The molecule has 1 aromatic rings. The number of rotatable bonds is 7. The molecular formula is C14H16N2O5. The lowest BCUT2D eigenvalue weighted by Gasteiger charge is -2.16. The molecule has 0 aliphatic carbocycles. The lowest BCUT2D eigenvalue weighted by molar-refractivity contribution is -0.132. The van der Waals surface area contributed by atoms with Gasteiger partial charge in [0.1, 0.15) is 17.1 Å². The van der Waals surface area contributed by atoms with Gasteiger partial charge in [0.15, 0.2) is 6.61 Å². The molecule has 1 amide bonds. The van der Waals surface area contributed by atoms with Gasteiger partial charge in [-0.25, -0.2) is 4.79 Å². The fourth-order valence-corrected chi connectivity index (χ4v) is 1.52. The summed E-state index contributed by atoms with van der Waals surface area (Å²) in [6.07, 6.45) is 0.224. The summed E-state index contributed by atoms with van der Waals surface area (Å²) in [6, 6.07) is 6.19. The highest BCUT2D eigenvalue weighted by Crippen LogP contribution is 2.24. The monoisotopic (exact) mass is 292 g/mol. The van der Waals surface area contributed by atoms with Crippen LogP contribution in [-0.4, -0.2) is 49.2 Å². The first-order valence-electron chi connectivity index (χ1n) is 6.14. The third-order valence-corrected chi connectivity index (χ3v) is 2.76. The minimum atomic E-state index is -1.15. The first-order chi connectivity index (χ1) is 9.99. The van der Waals surface area contributed by atoms with Gasteiger partial charge in [-0.15, -0.1) is 0 Å². The average molecular weight is 292 g/mol. The Morgan fingerprint density at radius 3 is 2.71 bits per heavy atom. The van der Waals surface area contributed by atoms with Crippen LogP contribution in [0.1, 0.15) is 16.8 Å². The molecule has 7 nitrogen and oxygen atoms in total. The predicted molar refractivity (Wildman–Crippen MR) is 73.3 cm³/mol. The lowest BCUT2D eigenvalue weighted by atomic mass is 10.2. The van der Waals surface area contributed by atoms with E-state index in [0.29, 0.717) is 12.3 Å². The Hall–Kier alpha value is -2.75. The smallest absolute Gasteiger partial charge is 0.339 e. The zero-order chi connectivity index (χ0) is 15.8. The van der Waals surface area contributed by atoms with E-state index in [-0.39, 0.29) is 30.2 Å². The van der Waals surface area contributed by atoms with Crippen molar-refractivity contribution in [1.82, 2.24) is 4.90 Å². The molecule has 0 saturated heterocycles. The summed E-state index contributed by atoms with van der Waals surface area (Å²) in [5.74, 6) is -1.01. The molecule has 0 spiro atoms. The maximum Gasteiger partial charge on any atom is 0.339 e. The Bertz CT molecular complexity index is 565. The van der Waals surface area contributed by atoms with Gasteiger partial charge in [0, 0.05) is 19.7 Å². The van der Waals surface area contributed by atoms with Gasteiger partial charge in [-0.2, -0.15) is 5.26 Å². The zero-order valence-corrected chi connectivity index (χ0v) is 11.8. The molecule has 0 atom stereocenters. The highest BCUT2D eigenvalue weighted by Gasteiger charge is 2.15. The molecule has 0 aromatic heterocycles. The molecule has 0 fully saturated rings. The molecule has 112 valence electrons. The van der Waals surface area contributed by atoms with Crippen LogP contribution in [0.3, 0.4) is 0 Å². The topological polar surface area (TPSA) is 99.9 Å². The molecule has 7 heteroatoms. The molecule has 1 aromatic carbocycles. The fraction of sp³-hybridized carbons (Fsp3) is 0.357. The van der Waals surface area contributed by atoms with Gasteiger partial charge in [-0.1, -0.05) is 0 Å². The average Bonchev–Trinajstić information content (AvgIpc) is 2.49. The van der Waals surface area contributed by atoms with Crippen molar-refractivity contribution < 1.29 is 24.2 Å². The number of nitrogens with zero attached hydrogens (tertiary/aromatic N) is 2. The normalized spacial score (nSPS) is 9.57. The van der Waals surface area contributed by atoms with E-state index < -0.39 is 5.97 Å². The number of likely N-dealkylation sites (N-methyl/N-ethyl adjacent to an activating group) is 1. The van der Waals surface area contributed by atoms with E-state index in [1.54, 1.807) is 7.05 Å². The number of hydrogen-bond acceptors (Lipinski definition) is 5. The second-order valence-corrected chi connectivity index (χ2v) is 4.18. The van der Waals surface area contributed by atoms with E-state index in [1.165, 1.54) is 30.2 Å². The summed E-state index contributed by atoms with van der Waals surface area (Å²) in [7, 11) is 2.99. The first kappa shape index (κ1) is 16.3. The Balaban J connectivity index is 2.76. The van der Waals surface area contributed by atoms with Crippen LogP contribution in [0.15, 0.2) is 18.2 Å². The number of ether oxygens (including phenoxy) is 2. The largest absolute Gasteiger partial charge is 0.497 e. The van der Waals surface area contributed by atoms with Crippen molar-refractivity contribution in [3.05, 3.63) is 23.8 Å². The van der Waals surface area contributed by atoms with Crippen LogP contribution in [0, 0.1) is 11.3 Å². The van der Waals surface area contributed by atoms with Crippen LogP contribution >= 0.6 is 0 Å². The highest BCUT2D eigenvalue weighted by atomic mass is 16.5. The van der Waals surface area contributed by atoms with Crippen LogP contribution in [0.2, 0.25) is 0 Å². The maximum atomic E-state index is 11.8. The van der Waals surface area contributed by atoms with Crippen LogP contribution in [-0.2, 0) is 4.79 Å². The Kier molecular flexibility index (Phi) is 6.01. The number of carboxylic acids is 1. The number of amides is 1. The van der Waals surface area contributed by atoms with Crippen molar-refractivity contribution in [2.75, 3.05) is 27.3 Å². The molecule has 0 radical (unpaired) electrons. The Morgan fingerprint density at radius 1 is 1.43 bits per heavy atom. The van der Waals surface area contributed by atoms with Gasteiger partial charge < -0.3 is 19.5 Å². The Morgan fingerprint density at radius 2 is 2.14 bits per heavy atom. The summed E-state index contributed by atoms with van der Waals surface area (Å²) in [6.45, 7) is -0.0159. The van der Waals surface area contributed by atoms with Crippen LogP contribution in [0.4, 0.5) is 0 Å².